The van der Waals surface area contributed by atoms with Gasteiger partial charge in [-0.3, -0.25) is 4.40 Å². The average Bonchev–Trinajstić information content (AvgIpc) is 3.00. The highest BCUT2D eigenvalue weighted by Gasteiger charge is 2.17. The summed E-state index contributed by atoms with van der Waals surface area (Å²) in [5.74, 6) is 2.14. The van der Waals surface area contributed by atoms with Crippen LogP contribution in [0, 0.1) is 13.8 Å². The van der Waals surface area contributed by atoms with Crippen molar-refractivity contribution in [2.45, 2.75) is 13.8 Å². The van der Waals surface area contributed by atoms with E-state index in [1.165, 1.54) is 0 Å². The summed E-state index contributed by atoms with van der Waals surface area (Å²) >= 11 is 0. The van der Waals surface area contributed by atoms with Gasteiger partial charge in [-0.1, -0.05) is 12.1 Å². The number of imidazole rings is 1. The summed E-state index contributed by atoms with van der Waals surface area (Å²) in [6.45, 7) is 3.97. The van der Waals surface area contributed by atoms with Gasteiger partial charge >= 0.3 is 0 Å². The Morgan fingerprint density at radius 2 is 1.68 bits per heavy atom. The summed E-state index contributed by atoms with van der Waals surface area (Å²) in [7, 11) is 3.26. The fourth-order valence-electron chi connectivity index (χ4n) is 3.14. The van der Waals surface area contributed by atoms with Gasteiger partial charge in [0.2, 0.25) is 5.88 Å². The van der Waals surface area contributed by atoms with E-state index in [-0.39, 0.29) is 0 Å². The van der Waals surface area contributed by atoms with E-state index in [2.05, 4.69) is 9.97 Å². The maximum absolute atomic E-state index is 5.36. The number of hydrogen-bond acceptors (Lipinski definition) is 5. The zero-order chi connectivity index (χ0) is 17.6. The highest BCUT2D eigenvalue weighted by Crippen LogP contribution is 2.30. The van der Waals surface area contributed by atoms with E-state index < -0.39 is 0 Å². The van der Waals surface area contributed by atoms with Crippen molar-refractivity contribution >= 4 is 16.7 Å². The Morgan fingerprint density at radius 1 is 0.880 bits per heavy atom. The summed E-state index contributed by atoms with van der Waals surface area (Å²) in [6, 6.07) is 11.6. The third-order valence-corrected chi connectivity index (χ3v) is 4.26. The van der Waals surface area contributed by atoms with Gasteiger partial charge in [0.1, 0.15) is 17.1 Å². The average molecular weight is 334 g/mol. The van der Waals surface area contributed by atoms with Crippen LogP contribution in [-0.4, -0.2) is 33.6 Å². The molecule has 4 aromatic rings. The predicted molar refractivity (Wildman–Crippen MR) is 96.3 cm³/mol. The van der Waals surface area contributed by atoms with Crippen molar-refractivity contribution in [2.24, 2.45) is 0 Å². The molecule has 0 bridgehead atoms. The molecule has 0 spiro atoms. The monoisotopic (exact) mass is 334 g/mol. The van der Waals surface area contributed by atoms with Crippen molar-refractivity contribution in [3.8, 4) is 23.0 Å². The summed E-state index contributed by atoms with van der Waals surface area (Å²) < 4.78 is 12.7. The van der Waals surface area contributed by atoms with Gasteiger partial charge in [0, 0.05) is 11.6 Å². The van der Waals surface area contributed by atoms with Crippen LogP contribution in [0.3, 0.4) is 0 Å². The van der Waals surface area contributed by atoms with Crippen LogP contribution in [0.2, 0.25) is 0 Å². The third-order valence-electron chi connectivity index (χ3n) is 4.26. The van der Waals surface area contributed by atoms with Crippen molar-refractivity contribution in [1.82, 2.24) is 19.4 Å². The summed E-state index contributed by atoms with van der Waals surface area (Å²) in [5.41, 5.74) is 5.27. The van der Waals surface area contributed by atoms with Crippen molar-refractivity contribution in [3.05, 3.63) is 47.8 Å². The molecule has 0 amide bonds. The zero-order valence-electron chi connectivity index (χ0n) is 14.6. The van der Waals surface area contributed by atoms with E-state index >= 15 is 0 Å². The number of ether oxygens (including phenoxy) is 2. The number of fused-ring (bicyclic) bond motifs is 3. The minimum atomic E-state index is 0.544. The van der Waals surface area contributed by atoms with Crippen LogP contribution in [0.25, 0.3) is 28.1 Å². The molecule has 0 aliphatic rings. The van der Waals surface area contributed by atoms with Crippen LogP contribution in [0.1, 0.15) is 11.4 Å². The van der Waals surface area contributed by atoms with Gasteiger partial charge in [-0.2, -0.15) is 4.98 Å². The molecular formula is C19H18N4O2. The number of hydrogen-bond donors (Lipinski definition) is 0. The molecule has 0 radical (unpaired) electrons. The van der Waals surface area contributed by atoms with Gasteiger partial charge in [0.15, 0.2) is 5.65 Å². The first kappa shape index (κ1) is 15.4. The van der Waals surface area contributed by atoms with Crippen LogP contribution in [-0.2, 0) is 0 Å². The van der Waals surface area contributed by atoms with Gasteiger partial charge in [-0.15, -0.1) is 0 Å². The highest BCUT2D eigenvalue weighted by molar-refractivity contribution is 5.81. The van der Waals surface area contributed by atoms with Crippen molar-refractivity contribution in [3.63, 3.8) is 0 Å². The van der Waals surface area contributed by atoms with E-state index in [9.17, 15) is 0 Å². The quantitative estimate of drug-likeness (QED) is 0.573. The molecule has 3 heterocycles. The Kier molecular flexibility index (Phi) is 3.53. The Morgan fingerprint density at radius 3 is 2.44 bits per heavy atom. The largest absolute Gasteiger partial charge is 0.497 e. The van der Waals surface area contributed by atoms with Crippen LogP contribution in [0.4, 0.5) is 0 Å². The number of pyridine rings is 1. The number of aromatic nitrogens is 4. The molecule has 0 N–H and O–H groups in total. The van der Waals surface area contributed by atoms with E-state index in [1.807, 2.05) is 54.6 Å². The van der Waals surface area contributed by atoms with Crippen LogP contribution >= 0.6 is 0 Å². The Bertz CT molecular complexity index is 1100. The third kappa shape index (κ3) is 2.38. The van der Waals surface area contributed by atoms with Crippen molar-refractivity contribution in [2.75, 3.05) is 14.2 Å². The lowest BCUT2D eigenvalue weighted by molar-refractivity contribution is 0.399. The highest BCUT2D eigenvalue weighted by atomic mass is 16.5. The van der Waals surface area contributed by atoms with E-state index in [0.717, 1.165) is 45.2 Å². The van der Waals surface area contributed by atoms with Gasteiger partial charge in [0.05, 0.1) is 31.1 Å². The standard InChI is InChI=1S/C19H18N4O2/c1-11-17-12(2)21-18(13-6-5-7-14(10-13)24-3)23(17)19-15(20-11)8-9-16(22-19)25-4/h5-10H,1-4H3. The molecule has 0 saturated heterocycles. The summed E-state index contributed by atoms with van der Waals surface area (Å²) in [6.07, 6.45) is 0. The molecule has 1 aromatic carbocycles. The first-order chi connectivity index (χ1) is 12.1. The molecule has 6 nitrogen and oxygen atoms in total. The molecule has 0 aliphatic heterocycles. The lowest BCUT2D eigenvalue weighted by Gasteiger charge is -2.09. The molecule has 3 aromatic heterocycles. The zero-order valence-corrected chi connectivity index (χ0v) is 14.6. The summed E-state index contributed by atoms with van der Waals surface area (Å²) in [5, 5.41) is 0. The van der Waals surface area contributed by atoms with Crippen LogP contribution in [0.15, 0.2) is 36.4 Å². The lowest BCUT2D eigenvalue weighted by atomic mass is 10.2. The number of methoxy groups -OCH3 is 2. The van der Waals surface area contributed by atoms with Crippen molar-refractivity contribution in [1.29, 1.82) is 0 Å². The Balaban J connectivity index is 2.14. The minimum absolute atomic E-state index is 0.544. The van der Waals surface area contributed by atoms with E-state index in [0.29, 0.717) is 5.88 Å². The van der Waals surface area contributed by atoms with Crippen LogP contribution in [0.5, 0.6) is 11.6 Å². The molecule has 0 aliphatic carbocycles. The molecule has 0 unspecified atom stereocenters. The molecular weight excluding hydrogens is 316 g/mol. The van der Waals surface area contributed by atoms with Gasteiger partial charge < -0.3 is 9.47 Å². The molecule has 6 heteroatoms. The van der Waals surface area contributed by atoms with Crippen LogP contribution < -0.4 is 9.47 Å². The maximum atomic E-state index is 5.36. The second-order valence-electron chi connectivity index (χ2n) is 5.83. The SMILES string of the molecule is COc1cccc(-c2nc(C)c3c(C)nc4ccc(OC)nc4n23)c1. The maximum Gasteiger partial charge on any atom is 0.215 e. The minimum Gasteiger partial charge on any atom is -0.497 e. The van der Waals surface area contributed by atoms with E-state index in [4.69, 9.17) is 14.5 Å². The smallest absolute Gasteiger partial charge is 0.215 e. The normalized spacial score (nSPS) is 11.2. The molecule has 4 rings (SSSR count). The fraction of sp³-hybridized carbons (Fsp3) is 0.211. The first-order valence-electron chi connectivity index (χ1n) is 7.97. The molecule has 0 saturated carbocycles. The molecule has 25 heavy (non-hydrogen) atoms. The number of benzene rings is 1. The summed E-state index contributed by atoms with van der Waals surface area (Å²) in [4.78, 5) is 14.1. The molecule has 0 fully saturated rings. The second kappa shape index (κ2) is 5.73. The Hall–Kier alpha value is -3.15. The lowest BCUT2D eigenvalue weighted by Crippen LogP contribution is -2.00. The van der Waals surface area contributed by atoms with Gasteiger partial charge in [0.25, 0.3) is 0 Å². The number of rotatable bonds is 3. The van der Waals surface area contributed by atoms with E-state index in [1.54, 1.807) is 14.2 Å². The number of nitrogens with zero attached hydrogens (tertiary/aromatic N) is 4. The number of aryl methyl sites for hydroxylation is 2. The second-order valence-corrected chi connectivity index (χ2v) is 5.83. The predicted octanol–water partition coefficient (Wildman–Crippen LogP) is 3.58. The Labute approximate surface area is 145 Å². The molecule has 126 valence electrons. The fourth-order valence-corrected chi connectivity index (χ4v) is 3.14. The van der Waals surface area contributed by atoms with Gasteiger partial charge in [-0.05, 0) is 32.0 Å². The first-order valence-corrected chi connectivity index (χ1v) is 7.97. The van der Waals surface area contributed by atoms with Crippen molar-refractivity contribution < 1.29 is 9.47 Å². The topological polar surface area (TPSA) is 61.5 Å². The van der Waals surface area contributed by atoms with Gasteiger partial charge in [-0.25, -0.2) is 9.97 Å². The molecule has 0 atom stereocenters.